The summed E-state index contributed by atoms with van der Waals surface area (Å²) in [7, 11) is 1.51. The zero-order valence-electron chi connectivity index (χ0n) is 7.43. The minimum absolute atomic E-state index is 0.153. The van der Waals surface area contributed by atoms with Crippen molar-refractivity contribution in [3.63, 3.8) is 0 Å². The second-order valence-electron chi connectivity index (χ2n) is 2.61. The van der Waals surface area contributed by atoms with Crippen LogP contribution in [-0.4, -0.2) is 12.1 Å². The van der Waals surface area contributed by atoms with Gasteiger partial charge in [0.05, 0.1) is 7.11 Å². The van der Waals surface area contributed by atoms with Crippen LogP contribution in [0.2, 0.25) is 0 Å². The van der Waals surface area contributed by atoms with Crippen molar-refractivity contribution in [3.05, 3.63) is 32.5 Å². The number of aromatic amines is 1. The molecule has 0 radical (unpaired) electrons. The first-order chi connectivity index (χ1) is 6.19. The number of aryl methyl sites for hydroxylation is 1. The van der Waals surface area contributed by atoms with Crippen LogP contribution >= 0.6 is 11.8 Å². The summed E-state index contributed by atoms with van der Waals surface area (Å²) >= 11 is 5.19. The Morgan fingerprint density at radius 3 is 2.92 bits per heavy atom. The van der Waals surface area contributed by atoms with Crippen molar-refractivity contribution in [2.45, 2.75) is 13.5 Å². The molecule has 0 spiro atoms. The molecule has 1 aromatic rings. The number of ether oxygens (including phenoxy) is 1. The Kier molecular flexibility index (Phi) is 3.33. The van der Waals surface area contributed by atoms with E-state index in [1.54, 1.807) is 13.0 Å². The minimum atomic E-state index is -0.207. The van der Waals surface area contributed by atoms with Gasteiger partial charge in [-0.3, -0.25) is 16.6 Å². The number of H-pyrrole nitrogens is 1. The standard InChI is InChI=1S/C8H10ClN2O2/c1-5-3-7(13-2)6(4-10-9)8(12)11-5/h3H,4H2,1-2H3,(H,11,12)/q-1. The van der Waals surface area contributed by atoms with Gasteiger partial charge in [-0.1, -0.05) is 0 Å². The number of aromatic nitrogens is 1. The summed E-state index contributed by atoms with van der Waals surface area (Å²) in [5.41, 5.74) is 0.990. The first-order valence-electron chi connectivity index (χ1n) is 3.73. The monoisotopic (exact) mass is 201 g/mol. The zero-order chi connectivity index (χ0) is 9.84. The van der Waals surface area contributed by atoms with E-state index in [0.29, 0.717) is 11.3 Å². The van der Waals surface area contributed by atoms with Crippen LogP contribution in [0.5, 0.6) is 5.75 Å². The van der Waals surface area contributed by atoms with E-state index in [0.717, 1.165) is 5.69 Å². The third-order valence-electron chi connectivity index (χ3n) is 1.67. The Labute approximate surface area is 81.0 Å². The van der Waals surface area contributed by atoms with Crippen LogP contribution in [0.4, 0.5) is 0 Å². The van der Waals surface area contributed by atoms with Gasteiger partial charge in [-0.05, 0) is 13.0 Å². The van der Waals surface area contributed by atoms with Gasteiger partial charge in [-0.2, -0.15) is 0 Å². The van der Waals surface area contributed by atoms with Gasteiger partial charge >= 0.3 is 0 Å². The summed E-state index contributed by atoms with van der Waals surface area (Å²) in [6.45, 7) is 1.94. The molecule has 13 heavy (non-hydrogen) atoms. The Morgan fingerprint density at radius 1 is 1.69 bits per heavy atom. The molecule has 0 aliphatic heterocycles. The molecule has 0 aliphatic rings. The highest BCUT2D eigenvalue weighted by Gasteiger charge is 2.04. The van der Waals surface area contributed by atoms with Crippen molar-refractivity contribution >= 4 is 11.8 Å². The molecule has 0 atom stereocenters. The van der Waals surface area contributed by atoms with Crippen molar-refractivity contribution in [2.24, 2.45) is 0 Å². The van der Waals surface area contributed by atoms with E-state index in [1.165, 1.54) is 7.11 Å². The molecule has 1 aromatic heterocycles. The van der Waals surface area contributed by atoms with E-state index in [4.69, 9.17) is 16.5 Å². The summed E-state index contributed by atoms with van der Waals surface area (Å²) in [5.74, 6) is 0.519. The molecule has 0 bridgehead atoms. The van der Waals surface area contributed by atoms with Crippen molar-refractivity contribution < 1.29 is 4.74 Å². The van der Waals surface area contributed by atoms with Crippen LogP contribution in [0.1, 0.15) is 11.3 Å². The number of nitrogens with one attached hydrogen (secondary N) is 1. The van der Waals surface area contributed by atoms with Crippen molar-refractivity contribution in [1.29, 1.82) is 0 Å². The van der Waals surface area contributed by atoms with E-state index in [2.05, 4.69) is 9.82 Å². The predicted octanol–water partition coefficient (Wildman–Crippen LogP) is 1.72. The first kappa shape index (κ1) is 10.1. The lowest BCUT2D eigenvalue weighted by Crippen LogP contribution is -2.14. The Hall–Kier alpha value is -1.00. The van der Waals surface area contributed by atoms with E-state index in [-0.39, 0.29) is 12.1 Å². The fraction of sp³-hybridized carbons (Fsp3) is 0.375. The van der Waals surface area contributed by atoms with E-state index >= 15 is 0 Å². The molecule has 5 heteroatoms. The van der Waals surface area contributed by atoms with Crippen molar-refractivity contribution in [3.8, 4) is 5.75 Å². The van der Waals surface area contributed by atoms with Gasteiger partial charge in [-0.15, -0.1) is 6.54 Å². The summed E-state index contributed by atoms with van der Waals surface area (Å²) in [6, 6.07) is 1.73. The molecule has 1 rings (SSSR count). The normalized spacial score (nSPS) is 10.1. The van der Waals surface area contributed by atoms with Crippen molar-refractivity contribution in [2.75, 3.05) is 7.11 Å². The molecule has 0 saturated heterocycles. The highest BCUT2D eigenvalue weighted by atomic mass is 35.5. The minimum Gasteiger partial charge on any atom is -0.571 e. The molecule has 0 saturated carbocycles. The largest absolute Gasteiger partial charge is 0.571 e. The van der Waals surface area contributed by atoms with Gasteiger partial charge in [0, 0.05) is 11.3 Å². The third-order valence-corrected chi connectivity index (χ3v) is 1.79. The summed E-state index contributed by atoms with van der Waals surface area (Å²) in [6.07, 6.45) is 0. The van der Waals surface area contributed by atoms with Crippen molar-refractivity contribution in [1.82, 2.24) is 4.98 Å². The maximum absolute atomic E-state index is 11.4. The molecule has 4 nitrogen and oxygen atoms in total. The summed E-state index contributed by atoms with van der Waals surface area (Å²) in [4.78, 5) is 17.4. The van der Waals surface area contributed by atoms with Gasteiger partial charge in [-0.25, -0.2) is 0 Å². The lowest BCUT2D eigenvalue weighted by Gasteiger charge is -2.12. The van der Waals surface area contributed by atoms with Gasteiger partial charge in [0.1, 0.15) is 5.75 Å². The second-order valence-corrected chi connectivity index (χ2v) is 2.85. The Balaban J connectivity index is 3.22. The average Bonchev–Trinajstić information content (AvgIpc) is 2.09. The van der Waals surface area contributed by atoms with Gasteiger partial charge < -0.3 is 14.6 Å². The van der Waals surface area contributed by atoms with Gasteiger partial charge in [0.15, 0.2) is 0 Å². The SMILES string of the molecule is COc1cc(C)[nH]c(=O)c1C[N-]Cl. The van der Waals surface area contributed by atoms with Crippen LogP contribution in [-0.2, 0) is 6.54 Å². The van der Waals surface area contributed by atoms with Crippen LogP contribution in [0, 0.1) is 6.92 Å². The fourth-order valence-corrected chi connectivity index (χ4v) is 1.20. The molecular formula is C8H10ClN2O2-. The highest BCUT2D eigenvalue weighted by molar-refractivity contribution is 6.24. The Morgan fingerprint density at radius 2 is 2.38 bits per heavy atom. The number of hydrogen-bond acceptors (Lipinski definition) is 2. The number of halogens is 1. The van der Waals surface area contributed by atoms with E-state index in [9.17, 15) is 4.79 Å². The van der Waals surface area contributed by atoms with Crippen LogP contribution in [0.3, 0.4) is 0 Å². The third kappa shape index (κ3) is 2.23. The predicted molar refractivity (Wildman–Crippen MR) is 51.3 cm³/mol. The number of pyridine rings is 1. The fourth-order valence-electron chi connectivity index (χ4n) is 1.08. The number of hydrogen-bond donors (Lipinski definition) is 1. The molecule has 1 N–H and O–H groups in total. The molecule has 1 heterocycles. The zero-order valence-corrected chi connectivity index (χ0v) is 8.18. The summed E-state index contributed by atoms with van der Waals surface area (Å²) in [5, 5.41) is 0. The van der Waals surface area contributed by atoms with Crippen LogP contribution in [0.15, 0.2) is 10.9 Å². The molecule has 0 fully saturated rings. The van der Waals surface area contributed by atoms with Gasteiger partial charge in [0.2, 0.25) is 0 Å². The molecule has 0 aromatic carbocycles. The lowest BCUT2D eigenvalue weighted by atomic mass is 10.2. The molecule has 72 valence electrons. The molecule has 0 unspecified atom stereocenters. The van der Waals surface area contributed by atoms with Gasteiger partial charge in [0.25, 0.3) is 5.56 Å². The molecular weight excluding hydrogens is 192 g/mol. The molecule has 0 amide bonds. The highest BCUT2D eigenvalue weighted by Crippen LogP contribution is 2.17. The Bertz CT molecular complexity index is 348. The second kappa shape index (κ2) is 4.30. The topological polar surface area (TPSA) is 56.2 Å². The maximum atomic E-state index is 11.4. The van der Waals surface area contributed by atoms with E-state index < -0.39 is 0 Å². The quantitative estimate of drug-likeness (QED) is 0.810. The lowest BCUT2D eigenvalue weighted by molar-refractivity contribution is 0.408. The smallest absolute Gasteiger partial charge is 0.253 e. The maximum Gasteiger partial charge on any atom is 0.253 e. The summed E-state index contributed by atoms with van der Waals surface area (Å²) < 4.78 is 5.02. The first-order valence-corrected chi connectivity index (χ1v) is 4.07. The van der Waals surface area contributed by atoms with Crippen LogP contribution < -0.4 is 10.3 Å². The van der Waals surface area contributed by atoms with E-state index in [1.807, 2.05) is 0 Å². The molecule has 0 aliphatic carbocycles. The number of rotatable bonds is 3. The number of nitrogens with zero attached hydrogens (tertiary/aromatic N) is 1. The van der Waals surface area contributed by atoms with Crippen LogP contribution in [0.25, 0.3) is 4.84 Å². The average molecular weight is 202 g/mol. The number of methoxy groups -OCH3 is 1.